The molecule has 0 aliphatic carbocycles. The second kappa shape index (κ2) is 6.65. The van der Waals surface area contributed by atoms with Crippen molar-refractivity contribution in [3.05, 3.63) is 0 Å². The molecule has 66 valence electrons. The van der Waals surface area contributed by atoms with Crippen LogP contribution in [0.5, 0.6) is 0 Å². The molecule has 0 rings (SSSR count). The molecule has 0 N–H and O–H groups in total. The van der Waals surface area contributed by atoms with Gasteiger partial charge in [-0.2, -0.15) is 0 Å². The summed E-state index contributed by atoms with van der Waals surface area (Å²) in [4.78, 5) is 10.4. The van der Waals surface area contributed by atoms with Gasteiger partial charge in [0.1, 0.15) is 0 Å². The van der Waals surface area contributed by atoms with E-state index in [1.807, 2.05) is 0 Å². The molecule has 0 aliphatic heterocycles. The fraction of sp³-hybridized carbons (Fsp3) is 0.875. The lowest BCUT2D eigenvalue weighted by Crippen LogP contribution is -2.05. The van der Waals surface area contributed by atoms with Crippen molar-refractivity contribution >= 4 is 21.9 Å². The Hall–Kier alpha value is -0.0500. The summed E-state index contributed by atoms with van der Waals surface area (Å²) in [5.74, 6) is 0.449. The van der Waals surface area contributed by atoms with Crippen molar-refractivity contribution in [2.45, 2.75) is 26.7 Å². The Balaban J connectivity index is 3.16. The van der Waals surface area contributed by atoms with Crippen LogP contribution in [0.2, 0.25) is 0 Å². The highest BCUT2D eigenvalue weighted by atomic mass is 79.9. The topological polar surface area (TPSA) is 26.3 Å². The zero-order valence-corrected chi connectivity index (χ0v) is 8.69. The van der Waals surface area contributed by atoms with Crippen LogP contribution in [0.4, 0.5) is 0 Å². The predicted molar refractivity (Wildman–Crippen MR) is 48.8 cm³/mol. The highest BCUT2D eigenvalue weighted by Crippen LogP contribution is 2.08. The van der Waals surface area contributed by atoms with E-state index in [0.29, 0.717) is 12.5 Å². The molecular formula is C8H15BrO2. The molecule has 0 saturated heterocycles. The Morgan fingerprint density at radius 1 is 1.55 bits per heavy atom. The first-order valence-electron chi connectivity index (χ1n) is 3.86. The lowest BCUT2D eigenvalue weighted by atomic mass is 10.1. The second-order valence-electron chi connectivity index (χ2n) is 2.71. The number of esters is 1. The molecule has 3 heteroatoms. The van der Waals surface area contributed by atoms with E-state index in [1.54, 1.807) is 0 Å². The lowest BCUT2D eigenvalue weighted by Gasteiger charge is -2.08. The molecule has 0 fully saturated rings. The van der Waals surface area contributed by atoms with Crippen LogP contribution in [-0.2, 0) is 9.53 Å². The molecule has 11 heavy (non-hydrogen) atoms. The summed E-state index contributed by atoms with van der Waals surface area (Å²) in [6, 6.07) is 0. The summed E-state index contributed by atoms with van der Waals surface area (Å²) >= 11 is 3.36. The molecule has 2 nitrogen and oxygen atoms in total. The van der Waals surface area contributed by atoms with Crippen molar-refractivity contribution in [2.75, 3.05) is 11.9 Å². The zero-order chi connectivity index (χ0) is 8.69. The minimum atomic E-state index is -0.184. The van der Waals surface area contributed by atoms with E-state index >= 15 is 0 Å². The second-order valence-corrected chi connectivity index (χ2v) is 3.50. The highest BCUT2D eigenvalue weighted by molar-refractivity contribution is 9.09. The maximum Gasteiger partial charge on any atom is 0.302 e. The molecule has 1 unspecified atom stereocenters. The first kappa shape index (κ1) is 11.0. The fourth-order valence-corrected chi connectivity index (χ4v) is 1.52. The first-order valence-corrected chi connectivity index (χ1v) is 4.98. The molecular weight excluding hydrogens is 208 g/mol. The average Bonchev–Trinajstić information content (AvgIpc) is 1.87. The summed E-state index contributed by atoms with van der Waals surface area (Å²) in [7, 11) is 0. The van der Waals surface area contributed by atoms with Crippen LogP contribution in [0, 0.1) is 5.92 Å². The lowest BCUT2D eigenvalue weighted by molar-refractivity contribution is -0.141. The quantitative estimate of drug-likeness (QED) is 0.528. The standard InChI is InChI=1S/C8H15BrO2/c1-7(3-5-9)4-6-11-8(2)10/h7H,3-6H2,1-2H3. The first-order chi connectivity index (χ1) is 5.16. The Labute approximate surface area is 76.4 Å². The van der Waals surface area contributed by atoms with Crippen molar-refractivity contribution in [2.24, 2.45) is 5.92 Å². The molecule has 0 radical (unpaired) electrons. The van der Waals surface area contributed by atoms with Gasteiger partial charge >= 0.3 is 5.97 Å². The Kier molecular flexibility index (Phi) is 6.62. The van der Waals surface area contributed by atoms with Gasteiger partial charge in [0, 0.05) is 12.3 Å². The van der Waals surface area contributed by atoms with Gasteiger partial charge in [-0.05, 0) is 18.8 Å². The summed E-state index contributed by atoms with van der Waals surface area (Å²) in [6.07, 6.45) is 2.10. The van der Waals surface area contributed by atoms with Gasteiger partial charge in [0.15, 0.2) is 0 Å². The molecule has 0 aromatic carbocycles. The molecule has 0 heterocycles. The van der Waals surface area contributed by atoms with Crippen LogP contribution in [0.25, 0.3) is 0 Å². The van der Waals surface area contributed by atoms with Gasteiger partial charge in [-0.25, -0.2) is 0 Å². The van der Waals surface area contributed by atoms with Gasteiger partial charge < -0.3 is 4.74 Å². The normalized spacial score (nSPS) is 12.6. The summed E-state index contributed by atoms with van der Waals surface area (Å²) in [5.41, 5.74) is 0. The molecule has 0 aliphatic rings. The maximum absolute atomic E-state index is 10.4. The van der Waals surface area contributed by atoms with Gasteiger partial charge in [-0.3, -0.25) is 4.79 Å². The van der Waals surface area contributed by atoms with Crippen LogP contribution < -0.4 is 0 Å². The number of ether oxygens (including phenoxy) is 1. The third kappa shape index (κ3) is 7.85. The van der Waals surface area contributed by atoms with E-state index in [0.717, 1.165) is 18.2 Å². The van der Waals surface area contributed by atoms with E-state index in [2.05, 4.69) is 22.9 Å². The molecule has 0 aromatic rings. The van der Waals surface area contributed by atoms with Gasteiger partial charge in [0.05, 0.1) is 6.61 Å². The zero-order valence-electron chi connectivity index (χ0n) is 7.10. The maximum atomic E-state index is 10.4. The third-order valence-electron chi connectivity index (χ3n) is 1.52. The largest absolute Gasteiger partial charge is 0.466 e. The molecule has 0 aromatic heterocycles. The van der Waals surface area contributed by atoms with E-state index in [9.17, 15) is 4.79 Å². The molecule has 1 atom stereocenters. The molecule has 0 spiro atoms. The van der Waals surface area contributed by atoms with Crippen molar-refractivity contribution in [1.82, 2.24) is 0 Å². The van der Waals surface area contributed by atoms with Crippen molar-refractivity contribution in [1.29, 1.82) is 0 Å². The SMILES string of the molecule is CC(=O)OCCC(C)CCBr. The highest BCUT2D eigenvalue weighted by Gasteiger charge is 2.01. The predicted octanol–water partition coefficient (Wildman–Crippen LogP) is 2.36. The van der Waals surface area contributed by atoms with E-state index in [4.69, 9.17) is 4.74 Å². The minimum Gasteiger partial charge on any atom is -0.466 e. The molecule has 0 bridgehead atoms. The van der Waals surface area contributed by atoms with Gasteiger partial charge in [-0.1, -0.05) is 22.9 Å². The van der Waals surface area contributed by atoms with Gasteiger partial charge in [0.25, 0.3) is 0 Å². The number of rotatable bonds is 5. The monoisotopic (exact) mass is 222 g/mol. The van der Waals surface area contributed by atoms with Gasteiger partial charge in [-0.15, -0.1) is 0 Å². The smallest absolute Gasteiger partial charge is 0.302 e. The Bertz CT molecular complexity index is 115. The van der Waals surface area contributed by atoms with Crippen LogP contribution in [0.1, 0.15) is 26.7 Å². The van der Waals surface area contributed by atoms with Crippen LogP contribution in [0.15, 0.2) is 0 Å². The number of hydrogen-bond acceptors (Lipinski definition) is 2. The van der Waals surface area contributed by atoms with Crippen molar-refractivity contribution in [3.8, 4) is 0 Å². The average molecular weight is 223 g/mol. The Morgan fingerprint density at radius 3 is 2.64 bits per heavy atom. The number of alkyl halides is 1. The number of halogens is 1. The molecule has 0 amide bonds. The summed E-state index contributed by atoms with van der Waals surface area (Å²) in [6.45, 7) is 4.16. The van der Waals surface area contributed by atoms with E-state index in [-0.39, 0.29) is 5.97 Å². The van der Waals surface area contributed by atoms with Crippen molar-refractivity contribution < 1.29 is 9.53 Å². The number of hydrogen-bond donors (Lipinski definition) is 0. The minimum absolute atomic E-state index is 0.184. The van der Waals surface area contributed by atoms with E-state index in [1.165, 1.54) is 6.92 Å². The number of carbonyl (C=O) groups excluding carboxylic acids is 1. The van der Waals surface area contributed by atoms with E-state index < -0.39 is 0 Å². The summed E-state index contributed by atoms with van der Waals surface area (Å²) in [5, 5.41) is 1.02. The van der Waals surface area contributed by atoms with Gasteiger partial charge in [0.2, 0.25) is 0 Å². The van der Waals surface area contributed by atoms with Crippen molar-refractivity contribution in [3.63, 3.8) is 0 Å². The van der Waals surface area contributed by atoms with Crippen LogP contribution in [0.3, 0.4) is 0 Å². The van der Waals surface area contributed by atoms with Crippen LogP contribution in [-0.4, -0.2) is 17.9 Å². The van der Waals surface area contributed by atoms with Crippen LogP contribution >= 0.6 is 15.9 Å². The Morgan fingerprint density at radius 2 is 2.18 bits per heavy atom. The fourth-order valence-electron chi connectivity index (χ4n) is 0.734. The number of carbonyl (C=O) groups is 1. The third-order valence-corrected chi connectivity index (χ3v) is 1.98. The molecule has 0 saturated carbocycles. The summed E-state index contributed by atoms with van der Waals surface area (Å²) < 4.78 is 4.80.